The molecule has 142 valence electrons. The number of amides is 2. The Morgan fingerprint density at radius 1 is 1.11 bits per heavy atom. The maximum atomic E-state index is 12.9. The van der Waals surface area contributed by atoms with Gasteiger partial charge in [-0.05, 0) is 56.7 Å². The summed E-state index contributed by atoms with van der Waals surface area (Å²) in [6, 6.07) is 13.2. The van der Waals surface area contributed by atoms with Gasteiger partial charge in [-0.1, -0.05) is 6.07 Å². The first-order valence-electron chi connectivity index (χ1n) is 9.36. The van der Waals surface area contributed by atoms with E-state index in [0.717, 1.165) is 35.7 Å². The molecule has 3 heterocycles. The number of pyridine rings is 1. The van der Waals surface area contributed by atoms with Crippen LogP contribution >= 0.6 is 0 Å². The molecule has 1 aromatic carbocycles. The zero-order valence-electron chi connectivity index (χ0n) is 16.0. The van der Waals surface area contributed by atoms with Crippen LogP contribution in [0.4, 0.5) is 11.4 Å². The van der Waals surface area contributed by atoms with Crippen LogP contribution in [0.1, 0.15) is 34.6 Å². The van der Waals surface area contributed by atoms with Gasteiger partial charge in [0.1, 0.15) is 0 Å². The Bertz CT molecular complexity index is 1040. The summed E-state index contributed by atoms with van der Waals surface area (Å²) in [4.78, 5) is 30.8. The number of carbonyl (C=O) groups is 2. The Hall–Kier alpha value is -3.41. The van der Waals surface area contributed by atoms with Gasteiger partial charge in [0.25, 0.3) is 5.91 Å². The molecule has 1 aliphatic heterocycles. The number of carbonyl (C=O) groups excluding carboxylic acids is 2. The second kappa shape index (κ2) is 7.31. The van der Waals surface area contributed by atoms with E-state index < -0.39 is 0 Å². The number of aromatic nitrogens is 2. The van der Waals surface area contributed by atoms with Crippen LogP contribution < -0.4 is 10.2 Å². The van der Waals surface area contributed by atoms with Crippen molar-refractivity contribution in [3.63, 3.8) is 0 Å². The van der Waals surface area contributed by atoms with Crippen LogP contribution in [-0.4, -0.2) is 27.9 Å². The molecule has 0 radical (unpaired) electrons. The number of benzene rings is 1. The normalized spacial score (nSPS) is 13.8. The molecule has 3 aromatic rings. The summed E-state index contributed by atoms with van der Waals surface area (Å²) >= 11 is 0. The summed E-state index contributed by atoms with van der Waals surface area (Å²) in [6.07, 6.45) is 4.95. The minimum atomic E-state index is -0.173. The summed E-state index contributed by atoms with van der Waals surface area (Å²) in [5, 5.41) is 2.96. The van der Waals surface area contributed by atoms with Gasteiger partial charge >= 0.3 is 0 Å². The second-order valence-corrected chi connectivity index (χ2v) is 6.98. The molecule has 28 heavy (non-hydrogen) atoms. The largest absolute Gasteiger partial charge is 0.322 e. The maximum absolute atomic E-state index is 12.9. The van der Waals surface area contributed by atoms with Crippen molar-refractivity contribution >= 4 is 23.2 Å². The van der Waals surface area contributed by atoms with Crippen LogP contribution in [-0.2, 0) is 4.79 Å². The Labute approximate surface area is 163 Å². The average Bonchev–Trinajstić information content (AvgIpc) is 3.25. The van der Waals surface area contributed by atoms with Gasteiger partial charge in [-0.3, -0.25) is 14.6 Å². The van der Waals surface area contributed by atoms with Gasteiger partial charge in [-0.15, -0.1) is 0 Å². The van der Waals surface area contributed by atoms with Crippen LogP contribution in [0.5, 0.6) is 0 Å². The highest BCUT2D eigenvalue weighted by atomic mass is 16.2. The molecule has 2 aromatic heterocycles. The lowest BCUT2D eigenvalue weighted by atomic mass is 10.2. The van der Waals surface area contributed by atoms with Crippen molar-refractivity contribution in [2.75, 3.05) is 16.8 Å². The molecule has 2 amide bonds. The van der Waals surface area contributed by atoms with Crippen LogP contribution in [0.15, 0.2) is 54.9 Å². The Morgan fingerprint density at radius 3 is 2.64 bits per heavy atom. The standard InChI is InChI=1S/C22H22N4O2/c1-15-12-20(16(2)26(15)19-8-4-10-23-14-19)22(28)24-17-6-3-7-18(13-17)25-11-5-9-21(25)27/h3-4,6-8,10,12-14H,5,9,11H2,1-2H3,(H,24,28). The first kappa shape index (κ1) is 18.0. The molecule has 0 aliphatic carbocycles. The van der Waals surface area contributed by atoms with Gasteiger partial charge in [0.05, 0.1) is 17.4 Å². The van der Waals surface area contributed by atoms with Crippen LogP contribution in [0, 0.1) is 13.8 Å². The van der Waals surface area contributed by atoms with Gasteiger partial charge in [-0.25, -0.2) is 0 Å². The summed E-state index contributed by atoms with van der Waals surface area (Å²) < 4.78 is 2.02. The number of rotatable bonds is 4. The highest BCUT2D eigenvalue weighted by Gasteiger charge is 2.22. The van der Waals surface area contributed by atoms with E-state index in [1.165, 1.54) is 0 Å². The number of nitrogens with zero attached hydrogens (tertiary/aromatic N) is 3. The Morgan fingerprint density at radius 2 is 1.93 bits per heavy atom. The lowest BCUT2D eigenvalue weighted by Crippen LogP contribution is -2.23. The average molecular weight is 374 g/mol. The van der Waals surface area contributed by atoms with Crippen molar-refractivity contribution in [3.05, 3.63) is 71.8 Å². The second-order valence-electron chi connectivity index (χ2n) is 6.98. The van der Waals surface area contributed by atoms with Gasteiger partial charge in [0.15, 0.2) is 0 Å². The molecular formula is C22H22N4O2. The van der Waals surface area contributed by atoms with Gasteiger partial charge in [-0.2, -0.15) is 0 Å². The van der Waals surface area contributed by atoms with Gasteiger partial charge < -0.3 is 14.8 Å². The first-order valence-corrected chi connectivity index (χ1v) is 9.36. The molecule has 1 fully saturated rings. The molecule has 0 saturated carbocycles. The third-order valence-electron chi connectivity index (χ3n) is 5.07. The van der Waals surface area contributed by atoms with Crippen molar-refractivity contribution in [1.82, 2.24) is 9.55 Å². The van der Waals surface area contributed by atoms with Crippen LogP contribution in [0.2, 0.25) is 0 Å². The molecule has 6 heteroatoms. The zero-order valence-corrected chi connectivity index (χ0v) is 16.0. The molecule has 0 bridgehead atoms. The van der Waals surface area contributed by atoms with E-state index in [2.05, 4.69) is 10.3 Å². The zero-order chi connectivity index (χ0) is 19.7. The molecule has 4 rings (SSSR count). The van der Waals surface area contributed by atoms with Crippen molar-refractivity contribution < 1.29 is 9.59 Å². The molecule has 1 saturated heterocycles. The minimum Gasteiger partial charge on any atom is -0.322 e. The monoisotopic (exact) mass is 374 g/mol. The first-order chi connectivity index (χ1) is 13.5. The van der Waals surface area contributed by atoms with Crippen LogP contribution in [0.3, 0.4) is 0 Å². The van der Waals surface area contributed by atoms with Gasteiger partial charge in [0.2, 0.25) is 5.91 Å². The third kappa shape index (κ3) is 3.29. The maximum Gasteiger partial charge on any atom is 0.257 e. The summed E-state index contributed by atoms with van der Waals surface area (Å²) in [5.74, 6) is -0.0448. The predicted octanol–water partition coefficient (Wildman–Crippen LogP) is 3.87. The smallest absolute Gasteiger partial charge is 0.257 e. The van der Waals surface area contributed by atoms with Crippen molar-refractivity contribution in [1.29, 1.82) is 0 Å². The topological polar surface area (TPSA) is 67.2 Å². The Kier molecular flexibility index (Phi) is 4.69. The Balaban J connectivity index is 1.59. The van der Waals surface area contributed by atoms with E-state index in [1.807, 2.05) is 60.9 Å². The molecule has 0 spiro atoms. The van der Waals surface area contributed by atoms with Crippen molar-refractivity contribution in [3.8, 4) is 5.69 Å². The number of anilines is 2. The molecule has 0 unspecified atom stereocenters. The van der Waals surface area contributed by atoms with Gasteiger partial charge in [0, 0.05) is 41.9 Å². The lowest BCUT2D eigenvalue weighted by Gasteiger charge is -2.16. The fraction of sp³-hybridized carbons (Fsp3) is 0.227. The third-order valence-corrected chi connectivity index (χ3v) is 5.07. The number of nitrogens with one attached hydrogen (secondary N) is 1. The number of hydrogen-bond donors (Lipinski definition) is 1. The number of aryl methyl sites for hydroxylation is 1. The summed E-state index contributed by atoms with van der Waals surface area (Å²) in [7, 11) is 0. The molecule has 1 aliphatic rings. The molecule has 0 atom stereocenters. The summed E-state index contributed by atoms with van der Waals surface area (Å²) in [5.41, 5.74) is 4.85. The summed E-state index contributed by atoms with van der Waals surface area (Å²) in [6.45, 7) is 4.62. The molecular weight excluding hydrogens is 352 g/mol. The fourth-order valence-electron chi connectivity index (χ4n) is 3.75. The quantitative estimate of drug-likeness (QED) is 0.754. The van der Waals surface area contributed by atoms with E-state index in [4.69, 9.17) is 0 Å². The van der Waals surface area contributed by atoms with E-state index in [-0.39, 0.29) is 11.8 Å². The fourth-order valence-corrected chi connectivity index (χ4v) is 3.75. The van der Waals surface area contributed by atoms with E-state index >= 15 is 0 Å². The van der Waals surface area contributed by atoms with E-state index in [1.54, 1.807) is 17.3 Å². The van der Waals surface area contributed by atoms with E-state index in [0.29, 0.717) is 17.7 Å². The SMILES string of the molecule is Cc1cc(C(=O)Nc2cccc(N3CCCC3=O)c2)c(C)n1-c1cccnc1. The van der Waals surface area contributed by atoms with Crippen molar-refractivity contribution in [2.24, 2.45) is 0 Å². The minimum absolute atomic E-state index is 0.128. The lowest BCUT2D eigenvalue weighted by molar-refractivity contribution is -0.117. The molecule has 6 nitrogen and oxygen atoms in total. The van der Waals surface area contributed by atoms with Crippen LogP contribution in [0.25, 0.3) is 5.69 Å². The highest BCUT2D eigenvalue weighted by Crippen LogP contribution is 2.26. The van der Waals surface area contributed by atoms with Crippen molar-refractivity contribution in [2.45, 2.75) is 26.7 Å². The predicted molar refractivity (Wildman–Crippen MR) is 109 cm³/mol. The van der Waals surface area contributed by atoms with E-state index in [9.17, 15) is 9.59 Å². The number of hydrogen-bond acceptors (Lipinski definition) is 3. The molecule has 1 N–H and O–H groups in total. The highest BCUT2D eigenvalue weighted by molar-refractivity contribution is 6.06.